The molecule has 1 fully saturated rings. The fourth-order valence-electron chi connectivity index (χ4n) is 3.99. The Morgan fingerprint density at radius 3 is 2.70 bits per heavy atom. The summed E-state index contributed by atoms with van der Waals surface area (Å²) in [5.41, 5.74) is 3.34. The van der Waals surface area contributed by atoms with Gasteiger partial charge in [0.05, 0.1) is 28.8 Å². The minimum Gasteiger partial charge on any atom is -0.463 e. The van der Waals surface area contributed by atoms with Gasteiger partial charge in [-0.3, -0.25) is 4.72 Å². The number of fused-ring (bicyclic) bond motifs is 1. The zero-order valence-electron chi connectivity index (χ0n) is 18.9. The number of rotatable bonds is 6. The summed E-state index contributed by atoms with van der Waals surface area (Å²) in [6.07, 6.45) is 0.967. The highest BCUT2D eigenvalue weighted by Crippen LogP contribution is 2.40. The van der Waals surface area contributed by atoms with Crippen molar-refractivity contribution < 1.29 is 17.9 Å². The summed E-state index contributed by atoms with van der Waals surface area (Å²) in [6, 6.07) is 13.5. The summed E-state index contributed by atoms with van der Waals surface area (Å²) in [5, 5.41) is 0.877. The van der Waals surface area contributed by atoms with E-state index in [0.717, 1.165) is 35.0 Å². The van der Waals surface area contributed by atoms with Crippen LogP contribution in [0.15, 0.2) is 69.7 Å². The second kappa shape index (κ2) is 9.61. The molecular weight excluding hydrogens is 458 g/mol. The Kier molecular flexibility index (Phi) is 6.81. The van der Waals surface area contributed by atoms with Gasteiger partial charge in [-0.05, 0) is 57.0 Å². The van der Waals surface area contributed by atoms with Crippen molar-refractivity contribution in [3.05, 3.63) is 70.9 Å². The van der Waals surface area contributed by atoms with Crippen LogP contribution in [0.3, 0.4) is 0 Å². The van der Waals surface area contributed by atoms with Crippen molar-refractivity contribution in [1.82, 2.24) is 4.90 Å². The van der Waals surface area contributed by atoms with E-state index in [-0.39, 0.29) is 11.5 Å². The molecule has 0 aliphatic carbocycles. The van der Waals surface area contributed by atoms with E-state index in [9.17, 15) is 13.2 Å². The van der Waals surface area contributed by atoms with Crippen LogP contribution in [0.2, 0.25) is 0 Å². The van der Waals surface area contributed by atoms with Gasteiger partial charge in [-0.1, -0.05) is 41.6 Å². The largest absolute Gasteiger partial charge is 0.463 e. The molecular formula is C24H27N3O4S2. The number of hydrogen-bond donors (Lipinski definition) is 1. The van der Waals surface area contributed by atoms with Gasteiger partial charge >= 0.3 is 5.97 Å². The maximum absolute atomic E-state index is 12.9. The number of carbonyl (C=O) groups excluding carboxylic acids is 1. The Balaban J connectivity index is 1.71. The quantitative estimate of drug-likeness (QED) is 0.607. The number of allylic oxidation sites excluding steroid dienone is 1. The topological polar surface area (TPSA) is 88.1 Å². The third-order valence-electron chi connectivity index (χ3n) is 5.54. The van der Waals surface area contributed by atoms with E-state index >= 15 is 0 Å². The first-order valence-corrected chi connectivity index (χ1v) is 13.3. The maximum Gasteiger partial charge on any atom is 0.338 e. The first kappa shape index (κ1) is 23.4. The lowest BCUT2D eigenvalue weighted by Gasteiger charge is -2.40. The molecule has 0 bridgehead atoms. The number of carbonyl (C=O) groups is 1. The fourth-order valence-corrected chi connectivity index (χ4v) is 6.06. The number of aryl methyl sites for hydroxylation is 1. The zero-order valence-corrected chi connectivity index (χ0v) is 20.5. The van der Waals surface area contributed by atoms with Gasteiger partial charge in [0.1, 0.15) is 0 Å². The molecule has 2 aliphatic heterocycles. The monoisotopic (exact) mass is 485 g/mol. The summed E-state index contributed by atoms with van der Waals surface area (Å²) < 4.78 is 33.8. The van der Waals surface area contributed by atoms with Crippen molar-refractivity contribution in [3.8, 4) is 0 Å². The minimum atomic E-state index is -3.75. The number of ether oxygens (including phenoxy) is 1. The molecule has 174 valence electrons. The zero-order chi connectivity index (χ0) is 23.6. The van der Waals surface area contributed by atoms with Crippen LogP contribution in [-0.2, 0) is 19.6 Å². The van der Waals surface area contributed by atoms with Crippen molar-refractivity contribution in [3.63, 3.8) is 0 Å². The van der Waals surface area contributed by atoms with Crippen molar-refractivity contribution in [2.75, 3.05) is 23.6 Å². The molecule has 2 aromatic carbocycles. The van der Waals surface area contributed by atoms with Crippen molar-refractivity contribution in [2.45, 2.75) is 38.1 Å². The number of aliphatic imine (C=N–C) groups is 1. The Hall–Kier alpha value is -2.78. The molecule has 1 N–H and O–H groups in total. The highest BCUT2D eigenvalue weighted by atomic mass is 32.2. The molecule has 2 aliphatic rings. The van der Waals surface area contributed by atoms with Gasteiger partial charge in [0.2, 0.25) is 0 Å². The molecule has 1 atom stereocenters. The number of sulfonamides is 1. The minimum absolute atomic E-state index is 0.195. The number of benzene rings is 2. The Morgan fingerprint density at radius 1 is 1.21 bits per heavy atom. The van der Waals surface area contributed by atoms with Crippen molar-refractivity contribution >= 4 is 38.6 Å². The van der Waals surface area contributed by atoms with Crippen LogP contribution in [0, 0.1) is 6.92 Å². The fraction of sp³-hybridized carbons (Fsp3) is 0.333. The molecule has 0 radical (unpaired) electrons. The molecule has 33 heavy (non-hydrogen) atoms. The molecule has 1 unspecified atom stereocenters. The highest BCUT2D eigenvalue weighted by molar-refractivity contribution is 8.13. The van der Waals surface area contributed by atoms with E-state index in [1.165, 1.54) is 0 Å². The van der Waals surface area contributed by atoms with Gasteiger partial charge < -0.3 is 9.64 Å². The second-order valence-electron chi connectivity index (χ2n) is 7.96. The molecule has 7 nitrogen and oxygen atoms in total. The first-order valence-electron chi connectivity index (χ1n) is 10.9. The lowest BCUT2D eigenvalue weighted by Crippen LogP contribution is -2.42. The smallest absolute Gasteiger partial charge is 0.338 e. The molecule has 0 saturated carbocycles. The summed E-state index contributed by atoms with van der Waals surface area (Å²) >= 11 is 1.67. The van der Waals surface area contributed by atoms with Gasteiger partial charge in [-0.2, -0.15) is 0 Å². The van der Waals surface area contributed by atoms with E-state index < -0.39 is 22.0 Å². The molecule has 2 heterocycles. The molecule has 0 spiro atoms. The van der Waals surface area contributed by atoms with Gasteiger partial charge in [-0.25, -0.2) is 18.2 Å². The van der Waals surface area contributed by atoms with Crippen molar-refractivity contribution in [2.24, 2.45) is 4.99 Å². The van der Waals surface area contributed by atoms with Gasteiger partial charge in [0, 0.05) is 18.0 Å². The number of amidine groups is 1. The first-order chi connectivity index (χ1) is 15.8. The summed E-state index contributed by atoms with van der Waals surface area (Å²) in [4.78, 5) is 19.9. The summed E-state index contributed by atoms with van der Waals surface area (Å²) in [7, 11) is -3.75. The average Bonchev–Trinajstić information content (AvgIpc) is 2.78. The summed E-state index contributed by atoms with van der Waals surface area (Å²) in [5.74, 6) is 0.574. The number of anilines is 1. The number of thioether (sulfide) groups is 1. The Bertz CT molecular complexity index is 1220. The Labute approximate surface area is 199 Å². The molecule has 9 heteroatoms. The maximum atomic E-state index is 12.9. The molecule has 0 aromatic heterocycles. The number of nitrogens with zero attached hydrogens (tertiary/aromatic N) is 2. The SMILES string of the molecule is CCOC(=O)C1=C(C)N=C2SCCCN2C1c1cccc(NS(=O)(=O)c2ccc(C)cc2)c1. The predicted octanol–water partition coefficient (Wildman–Crippen LogP) is 4.48. The molecule has 1 saturated heterocycles. The second-order valence-corrected chi connectivity index (χ2v) is 10.7. The van der Waals surface area contributed by atoms with Crippen LogP contribution in [-0.4, -0.2) is 43.4 Å². The predicted molar refractivity (Wildman–Crippen MR) is 132 cm³/mol. The normalized spacial score (nSPS) is 18.5. The third-order valence-corrected chi connectivity index (χ3v) is 8.01. The number of hydrogen-bond acceptors (Lipinski definition) is 7. The van der Waals surface area contributed by atoms with E-state index in [4.69, 9.17) is 4.74 Å². The van der Waals surface area contributed by atoms with Crippen LogP contribution in [0.5, 0.6) is 0 Å². The molecule has 2 aromatic rings. The highest BCUT2D eigenvalue weighted by Gasteiger charge is 2.38. The van der Waals surface area contributed by atoms with E-state index in [0.29, 0.717) is 17.0 Å². The number of esters is 1. The van der Waals surface area contributed by atoms with Gasteiger partial charge in [0.15, 0.2) is 5.17 Å². The van der Waals surface area contributed by atoms with Gasteiger partial charge in [-0.15, -0.1) is 0 Å². The molecule has 0 amide bonds. The standard InChI is InChI=1S/C24H27N3O4S2/c1-4-31-23(28)21-17(3)25-24-27(13-6-14-32-24)22(21)18-7-5-8-19(15-18)26-33(29,30)20-11-9-16(2)10-12-20/h5,7-12,15,22,26H,4,6,13-14H2,1-3H3. The van der Waals surface area contributed by atoms with E-state index in [2.05, 4.69) is 14.6 Å². The van der Waals surface area contributed by atoms with Crippen LogP contribution < -0.4 is 4.72 Å². The van der Waals surface area contributed by atoms with Gasteiger partial charge in [0.25, 0.3) is 10.0 Å². The van der Waals surface area contributed by atoms with Crippen LogP contribution in [0.1, 0.15) is 37.4 Å². The average molecular weight is 486 g/mol. The van der Waals surface area contributed by atoms with E-state index in [1.807, 2.05) is 19.9 Å². The lowest BCUT2D eigenvalue weighted by molar-refractivity contribution is -0.139. The molecule has 4 rings (SSSR count). The lowest BCUT2D eigenvalue weighted by atomic mass is 9.94. The van der Waals surface area contributed by atoms with Crippen LogP contribution in [0.4, 0.5) is 5.69 Å². The van der Waals surface area contributed by atoms with Crippen LogP contribution >= 0.6 is 11.8 Å². The third kappa shape index (κ3) is 4.94. The summed E-state index contributed by atoms with van der Waals surface area (Å²) in [6.45, 7) is 6.53. The van der Waals surface area contributed by atoms with Crippen molar-refractivity contribution in [1.29, 1.82) is 0 Å². The van der Waals surface area contributed by atoms with Crippen LogP contribution in [0.25, 0.3) is 0 Å². The Morgan fingerprint density at radius 2 is 1.97 bits per heavy atom. The van der Waals surface area contributed by atoms with E-state index in [1.54, 1.807) is 61.2 Å². The number of nitrogens with one attached hydrogen (secondary N) is 1.